The van der Waals surface area contributed by atoms with E-state index >= 15 is 0 Å². The van der Waals surface area contributed by atoms with Crippen LogP contribution in [0.15, 0.2) is 24.4 Å². The predicted octanol–water partition coefficient (Wildman–Crippen LogP) is 2.69. The van der Waals surface area contributed by atoms with E-state index in [1.54, 1.807) is 4.68 Å². The van der Waals surface area contributed by atoms with Gasteiger partial charge in [0.25, 0.3) is 0 Å². The minimum absolute atomic E-state index is 0.373. The van der Waals surface area contributed by atoms with Gasteiger partial charge in [-0.3, -0.25) is 4.68 Å². The van der Waals surface area contributed by atoms with E-state index in [-0.39, 0.29) is 0 Å². The van der Waals surface area contributed by atoms with Gasteiger partial charge in [0.2, 0.25) is 0 Å². The molecule has 0 saturated carbocycles. The summed E-state index contributed by atoms with van der Waals surface area (Å²) in [6.45, 7) is 2.93. The highest BCUT2D eigenvalue weighted by Crippen LogP contribution is 2.33. The van der Waals surface area contributed by atoms with Crippen LogP contribution in [-0.4, -0.2) is 21.6 Å². The Morgan fingerprint density at radius 3 is 2.79 bits per heavy atom. The van der Waals surface area contributed by atoms with Crippen LogP contribution in [0.5, 0.6) is 11.5 Å². The van der Waals surface area contributed by atoms with Crippen molar-refractivity contribution in [2.45, 2.75) is 18.9 Å². The summed E-state index contributed by atoms with van der Waals surface area (Å²) in [5, 5.41) is 8.59. The number of para-hydroxylation sites is 1. The first-order valence-corrected chi connectivity index (χ1v) is 7.15. The molecule has 1 heterocycles. The van der Waals surface area contributed by atoms with Crippen LogP contribution >= 0.6 is 15.9 Å². The molecule has 2 aromatic rings. The van der Waals surface area contributed by atoms with Crippen molar-refractivity contribution in [1.29, 1.82) is 0 Å². The van der Waals surface area contributed by atoms with Crippen molar-refractivity contribution in [2.75, 3.05) is 6.61 Å². The Kier molecular flexibility index (Phi) is 4.79. The van der Waals surface area contributed by atoms with Crippen LogP contribution in [0.3, 0.4) is 0 Å². The van der Waals surface area contributed by atoms with Gasteiger partial charge in [-0.05, 0) is 13.0 Å². The molecule has 0 N–H and O–H groups in total. The Morgan fingerprint density at radius 2 is 2.16 bits per heavy atom. The Bertz CT molecular complexity index is 542. The molecule has 0 saturated heterocycles. The van der Waals surface area contributed by atoms with Crippen molar-refractivity contribution in [1.82, 2.24) is 15.0 Å². The highest BCUT2D eigenvalue weighted by molar-refractivity contribution is 9.08. The van der Waals surface area contributed by atoms with Crippen molar-refractivity contribution >= 4 is 15.9 Å². The van der Waals surface area contributed by atoms with Gasteiger partial charge in [-0.1, -0.05) is 33.3 Å². The van der Waals surface area contributed by atoms with Crippen LogP contribution in [-0.2, 0) is 19.0 Å². The number of aryl methyl sites for hydroxylation is 1. The van der Waals surface area contributed by atoms with Crippen molar-refractivity contribution in [3.8, 4) is 11.5 Å². The molecule has 0 aliphatic carbocycles. The lowest BCUT2D eigenvalue weighted by molar-refractivity contribution is 0.264. The average molecular weight is 326 g/mol. The molecule has 0 atom stereocenters. The average Bonchev–Trinajstić information content (AvgIpc) is 2.83. The van der Waals surface area contributed by atoms with Crippen molar-refractivity contribution in [3.63, 3.8) is 0 Å². The summed E-state index contributed by atoms with van der Waals surface area (Å²) in [5.74, 6) is 1.51. The lowest BCUT2D eigenvalue weighted by Gasteiger charge is -2.14. The van der Waals surface area contributed by atoms with Gasteiger partial charge in [0.15, 0.2) is 11.5 Å². The molecule has 19 heavy (non-hydrogen) atoms. The first kappa shape index (κ1) is 13.9. The first-order chi connectivity index (χ1) is 9.24. The van der Waals surface area contributed by atoms with Crippen LogP contribution in [0.25, 0.3) is 0 Å². The SMILES string of the molecule is CCOc1cccc(CBr)c1OCc1cn(C)nn1. The maximum atomic E-state index is 5.84. The monoisotopic (exact) mass is 325 g/mol. The second kappa shape index (κ2) is 6.56. The molecule has 0 amide bonds. The number of rotatable bonds is 6. The van der Waals surface area contributed by atoms with Crippen LogP contribution in [0.4, 0.5) is 0 Å². The number of benzene rings is 1. The van der Waals surface area contributed by atoms with E-state index in [0.717, 1.165) is 22.8 Å². The Morgan fingerprint density at radius 1 is 1.32 bits per heavy atom. The molecular weight excluding hydrogens is 310 g/mol. The number of hydrogen-bond acceptors (Lipinski definition) is 4. The minimum atomic E-state index is 0.373. The van der Waals surface area contributed by atoms with E-state index < -0.39 is 0 Å². The summed E-state index contributed by atoms with van der Waals surface area (Å²) in [7, 11) is 1.83. The molecule has 2 rings (SSSR count). The second-order valence-electron chi connectivity index (χ2n) is 3.98. The first-order valence-electron chi connectivity index (χ1n) is 6.03. The molecule has 5 nitrogen and oxygen atoms in total. The molecule has 1 aromatic heterocycles. The zero-order valence-corrected chi connectivity index (χ0v) is 12.6. The van der Waals surface area contributed by atoms with Gasteiger partial charge in [0.05, 0.1) is 12.8 Å². The van der Waals surface area contributed by atoms with Crippen LogP contribution < -0.4 is 9.47 Å². The van der Waals surface area contributed by atoms with E-state index in [2.05, 4.69) is 26.2 Å². The molecule has 102 valence electrons. The Labute approximate surface area is 120 Å². The van der Waals surface area contributed by atoms with E-state index in [4.69, 9.17) is 9.47 Å². The third-order valence-electron chi connectivity index (χ3n) is 2.52. The fraction of sp³-hybridized carbons (Fsp3) is 0.385. The highest BCUT2D eigenvalue weighted by atomic mass is 79.9. The van der Waals surface area contributed by atoms with E-state index in [1.165, 1.54) is 0 Å². The smallest absolute Gasteiger partial charge is 0.165 e. The lowest BCUT2D eigenvalue weighted by atomic mass is 10.2. The van der Waals surface area contributed by atoms with Crippen LogP contribution in [0, 0.1) is 0 Å². The molecule has 1 aromatic carbocycles. The van der Waals surface area contributed by atoms with E-state index in [9.17, 15) is 0 Å². The fourth-order valence-electron chi connectivity index (χ4n) is 1.71. The zero-order chi connectivity index (χ0) is 13.7. The summed E-state index contributed by atoms with van der Waals surface area (Å²) in [6, 6.07) is 5.86. The topological polar surface area (TPSA) is 49.2 Å². The Balaban J connectivity index is 2.17. The predicted molar refractivity (Wildman–Crippen MR) is 75.6 cm³/mol. The summed E-state index contributed by atoms with van der Waals surface area (Å²) in [4.78, 5) is 0. The van der Waals surface area contributed by atoms with Gasteiger partial charge in [0.1, 0.15) is 12.3 Å². The largest absolute Gasteiger partial charge is 0.490 e. The standard InChI is InChI=1S/C13H16BrN3O2/c1-3-18-12-6-4-5-10(7-14)13(12)19-9-11-8-17(2)16-15-11/h4-6,8H,3,7,9H2,1-2H3. The number of aromatic nitrogens is 3. The maximum Gasteiger partial charge on any atom is 0.165 e. The van der Waals surface area contributed by atoms with E-state index in [1.807, 2.05) is 38.4 Å². The number of alkyl halides is 1. The maximum absolute atomic E-state index is 5.84. The zero-order valence-electron chi connectivity index (χ0n) is 11.0. The number of nitrogens with zero attached hydrogens (tertiary/aromatic N) is 3. The third-order valence-corrected chi connectivity index (χ3v) is 3.12. The highest BCUT2D eigenvalue weighted by Gasteiger charge is 2.11. The van der Waals surface area contributed by atoms with Gasteiger partial charge >= 0.3 is 0 Å². The van der Waals surface area contributed by atoms with Gasteiger partial charge < -0.3 is 9.47 Å². The summed E-state index contributed by atoms with van der Waals surface area (Å²) >= 11 is 3.46. The normalized spacial score (nSPS) is 10.5. The molecular formula is C13H16BrN3O2. The molecule has 0 aliphatic rings. The molecule has 0 bridgehead atoms. The van der Waals surface area contributed by atoms with Crippen molar-refractivity contribution in [3.05, 3.63) is 35.7 Å². The van der Waals surface area contributed by atoms with Gasteiger partial charge in [0, 0.05) is 17.9 Å². The quantitative estimate of drug-likeness (QED) is 0.766. The lowest BCUT2D eigenvalue weighted by Crippen LogP contribution is -2.02. The molecule has 0 unspecified atom stereocenters. The number of hydrogen-bond donors (Lipinski definition) is 0. The third kappa shape index (κ3) is 3.47. The van der Waals surface area contributed by atoms with Crippen LogP contribution in [0.1, 0.15) is 18.2 Å². The number of ether oxygens (including phenoxy) is 2. The van der Waals surface area contributed by atoms with Gasteiger partial charge in [-0.2, -0.15) is 0 Å². The molecule has 0 aliphatic heterocycles. The Hall–Kier alpha value is -1.56. The summed E-state index contributed by atoms with van der Waals surface area (Å²) in [5.41, 5.74) is 1.84. The molecule has 6 heteroatoms. The number of halogens is 1. The van der Waals surface area contributed by atoms with Gasteiger partial charge in [-0.15, -0.1) is 5.10 Å². The second-order valence-corrected chi connectivity index (χ2v) is 4.54. The molecule has 0 spiro atoms. The summed E-state index contributed by atoms with van der Waals surface area (Å²) in [6.07, 6.45) is 1.83. The van der Waals surface area contributed by atoms with Crippen LogP contribution in [0.2, 0.25) is 0 Å². The molecule has 0 radical (unpaired) electrons. The minimum Gasteiger partial charge on any atom is -0.490 e. The molecule has 0 fully saturated rings. The van der Waals surface area contributed by atoms with Crippen molar-refractivity contribution in [2.24, 2.45) is 7.05 Å². The summed E-state index contributed by atoms with van der Waals surface area (Å²) < 4.78 is 13.1. The van der Waals surface area contributed by atoms with Crippen molar-refractivity contribution < 1.29 is 9.47 Å². The fourth-order valence-corrected chi connectivity index (χ4v) is 2.15. The van der Waals surface area contributed by atoms with E-state index in [0.29, 0.717) is 18.5 Å². The van der Waals surface area contributed by atoms with Gasteiger partial charge in [-0.25, -0.2) is 0 Å².